The highest BCUT2D eigenvalue weighted by Crippen LogP contribution is 2.23. The van der Waals surface area contributed by atoms with E-state index in [4.69, 9.17) is 15.9 Å². The Morgan fingerprint density at radius 3 is 2.67 bits per heavy atom. The van der Waals surface area contributed by atoms with Crippen LogP contribution in [-0.4, -0.2) is 32.3 Å². The van der Waals surface area contributed by atoms with Crippen molar-refractivity contribution in [1.29, 1.82) is 0 Å². The number of nitrogens with two attached hydrogens (primary N) is 1. The number of aromatic nitrogens is 2. The molecule has 5 nitrogen and oxygen atoms in total. The third-order valence-corrected chi connectivity index (χ3v) is 2.61. The van der Waals surface area contributed by atoms with Crippen molar-refractivity contribution < 1.29 is 19.0 Å². The summed E-state index contributed by atoms with van der Waals surface area (Å²) in [6.45, 7) is -2.46. The molecule has 1 aromatic carbocycles. The Morgan fingerprint density at radius 1 is 1.33 bits per heavy atom. The van der Waals surface area contributed by atoms with Crippen molar-refractivity contribution in [2.75, 3.05) is 12.3 Å². The predicted octanol–water partition coefficient (Wildman–Crippen LogP) is 0.738. The topological polar surface area (TPSA) is 84.3 Å². The van der Waals surface area contributed by atoms with E-state index in [-0.39, 0.29) is 5.82 Å². The van der Waals surface area contributed by atoms with Crippen molar-refractivity contribution in [3.63, 3.8) is 0 Å². The van der Waals surface area contributed by atoms with Crippen molar-refractivity contribution in [1.82, 2.24) is 9.55 Å². The average molecular weight is 257 g/mol. The lowest BCUT2D eigenvalue weighted by Gasteiger charge is -2.16. The summed E-state index contributed by atoms with van der Waals surface area (Å²) >= 11 is 0. The first-order chi connectivity index (χ1) is 8.46. The van der Waals surface area contributed by atoms with Crippen LogP contribution in [0.5, 0.6) is 0 Å². The van der Waals surface area contributed by atoms with E-state index in [2.05, 4.69) is 4.98 Å². The summed E-state index contributed by atoms with van der Waals surface area (Å²) in [6, 6.07) is 4.67. The Balaban J connectivity index is 2.53. The van der Waals surface area contributed by atoms with E-state index in [0.717, 1.165) is 0 Å². The maximum atomic E-state index is 13.2. The summed E-state index contributed by atoms with van der Waals surface area (Å²) in [5.74, 6) is -3.15. The fraction of sp³-hybridized carbons (Fsp3) is 0.364. The molecular weight excluding hydrogens is 244 g/mol. The van der Waals surface area contributed by atoms with Crippen molar-refractivity contribution >= 4 is 16.7 Å². The molecule has 0 aliphatic carbocycles. The Morgan fingerprint density at radius 2 is 2.06 bits per heavy atom. The number of nitrogen functional groups attached to an aromatic ring is 1. The number of hydrogen-bond acceptors (Lipinski definition) is 4. The van der Waals surface area contributed by atoms with E-state index >= 15 is 0 Å². The molecule has 7 heteroatoms. The van der Waals surface area contributed by atoms with Crippen LogP contribution in [-0.2, 0) is 13.2 Å². The molecule has 0 radical (unpaired) electrons. The number of rotatable bonds is 4. The molecule has 0 atom stereocenters. The molecule has 18 heavy (non-hydrogen) atoms. The van der Waals surface area contributed by atoms with Crippen LogP contribution in [0.3, 0.4) is 0 Å². The SMILES string of the molecule is Nc1ccc2c(c1)nc(CO)n2CC(F)(F)CO. The van der Waals surface area contributed by atoms with Crippen LogP contribution in [0.4, 0.5) is 14.5 Å². The van der Waals surface area contributed by atoms with Crippen LogP contribution in [0.2, 0.25) is 0 Å². The molecule has 4 N–H and O–H groups in total. The summed E-state index contributed by atoms with van der Waals surface area (Å²) in [5.41, 5.74) is 6.93. The van der Waals surface area contributed by atoms with E-state index in [0.29, 0.717) is 16.7 Å². The Labute approximate surface area is 101 Å². The number of aliphatic hydroxyl groups excluding tert-OH is 2. The minimum Gasteiger partial charge on any atom is -0.399 e. The number of imidazole rings is 1. The van der Waals surface area contributed by atoms with Gasteiger partial charge in [-0.15, -0.1) is 0 Å². The van der Waals surface area contributed by atoms with Crippen LogP contribution >= 0.6 is 0 Å². The number of benzene rings is 1. The van der Waals surface area contributed by atoms with E-state index in [1.807, 2.05) is 0 Å². The van der Waals surface area contributed by atoms with Gasteiger partial charge in [0.05, 0.1) is 17.6 Å². The van der Waals surface area contributed by atoms with Gasteiger partial charge in [-0.3, -0.25) is 0 Å². The molecule has 0 unspecified atom stereocenters. The largest absolute Gasteiger partial charge is 0.399 e. The summed E-state index contributed by atoms with van der Waals surface area (Å²) in [4.78, 5) is 4.03. The van der Waals surface area contributed by atoms with E-state index < -0.39 is 25.7 Å². The standard InChI is InChI=1S/C11H13F2N3O2/c12-11(13,6-18)5-16-9-2-1-7(14)3-8(9)15-10(16)4-17/h1-3,17-18H,4-6,14H2. The van der Waals surface area contributed by atoms with Crippen LogP contribution in [0.25, 0.3) is 11.0 Å². The monoisotopic (exact) mass is 257 g/mol. The second-order valence-corrected chi connectivity index (χ2v) is 4.03. The molecule has 0 saturated heterocycles. The molecule has 0 aliphatic heterocycles. The molecule has 0 fully saturated rings. The highest BCUT2D eigenvalue weighted by atomic mass is 19.3. The number of hydrogen-bond donors (Lipinski definition) is 3. The zero-order valence-corrected chi connectivity index (χ0v) is 9.48. The molecule has 98 valence electrons. The van der Waals surface area contributed by atoms with Crippen LogP contribution in [0.1, 0.15) is 5.82 Å². The minimum atomic E-state index is -3.26. The normalized spacial score (nSPS) is 12.2. The van der Waals surface area contributed by atoms with Crippen molar-refractivity contribution in [2.24, 2.45) is 0 Å². The van der Waals surface area contributed by atoms with Crippen LogP contribution in [0.15, 0.2) is 18.2 Å². The maximum absolute atomic E-state index is 13.2. The first-order valence-electron chi connectivity index (χ1n) is 5.31. The fourth-order valence-corrected chi connectivity index (χ4v) is 1.78. The van der Waals surface area contributed by atoms with Gasteiger partial charge in [0.2, 0.25) is 0 Å². The molecular formula is C11H13F2N3O2. The number of fused-ring (bicyclic) bond motifs is 1. The molecule has 0 aliphatic rings. The van der Waals surface area contributed by atoms with Gasteiger partial charge in [-0.25, -0.2) is 13.8 Å². The lowest BCUT2D eigenvalue weighted by atomic mass is 10.2. The van der Waals surface area contributed by atoms with E-state index in [1.165, 1.54) is 4.57 Å². The number of aliphatic hydroxyl groups is 2. The van der Waals surface area contributed by atoms with Gasteiger partial charge >= 0.3 is 0 Å². The molecule has 0 saturated carbocycles. The molecule has 0 bridgehead atoms. The van der Waals surface area contributed by atoms with Crippen molar-refractivity contribution in [3.8, 4) is 0 Å². The molecule has 0 amide bonds. The van der Waals surface area contributed by atoms with Gasteiger partial charge < -0.3 is 20.5 Å². The fourth-order valence-electron chi connectivity index (χ4n) is 1.78. The quantitative estimate of drug-likeness (QED) is 0.705. The zero-order valence-electron chi connectivity index (χ0n) is 9.48. The second kappa shape index (κ2) is 4.51. The highest BCUT2D eigenvalue weighted by Gasteiger charge is 2.30. The van der Waals surface area contributed by atoms with E-state index in [9.17, 15) is 8.78 Å². The predicted molar refractivity (Wildman–Crippen MR) is 62.1 cm³/mol. The third-order valence-electron chi connectivity index (χ3n) is 2.61. The lowest BCUT2D eigenvalue weighted by molar-refractivity contribution is -0.0630. The summed E-state index contributed by atoms with van der Waals surface area (Å²) < 4.78 is 27.7. The summed E-state index contributed by atoms with van der Waals surface area (Å²) in [7, 11) is 0. The van der Waals surface area contributed by atoms with Gasteiger partial charge in [0.1, 0.15) is 19.0 Å². The van der Waals surface area contributed by atoms with Gasteiger partial charge in [0.25, 0.3) is 5.92 Å². The van der Waals surface area contributed by atoms with Crippen molar-refractivity contribution in [3.05, 3.63) is 24.0 Å². The number of halogens is 2. The summed E-state index contributed by atoms with van der Waals surface area (Å²) in [5, 5.41) is 17.7. The highest BCUT2D eigenvalue weighted by molar-refractivity contribution is 5.79. The number of anilines is 1. The van der Waals surface area contributed by atoms with Gasteiger partial charge in [0.15, 0.2) is 0 Å². The van der Waals surface area contributed by atoms with E-state index in [1.54, 1.807) is 18.2 Å². The molecule has 2 rings (SSSR count). The van der Waals surface area contributed by atoms with Crippen LogP contribution < -0.4 is 5.73 Å². The first kappa shape index (κ1) is 12.7. The number of alkyl halides is 2. The lowest BCUT2D eigenvalue weighted by Crippen LogP contribution is -2.28. The Bertz CT molecular complexity index is 569. The summed E-state index contributed by atoms with van der Waals surface area (Å²) in [6.07, 6.45) is 0. The van der Waals surface area contributed by atoms with Gasteiger partial charge in [-0.2, -0.15) is 0 Å². The van der Waals surface area contributed by atoms with Gasteiger partial charge in [0, 0.05) is 5.69 Å². The average Bonchev–Trinajstić information content (AvgIpc) is 2.66. The zero-order chi connectivity index (χ0) is 13.3. The first-order valence-corrected chi connectivity index (χ1v) is 5.31. The Kier molecular flexibility index (Phi) is 3.18. The van der Waals surface area contributed by atoms with Gasteiger partial charge in [-0.05, 0) is 18.2 Å². The smallest absolute Gasteiger partial charge is 0.288 e. The maximum Gasteiger partial charge on any atom is 0.288 e. The van der Waals surface area contributed by atoms with Crippen molar-refractivity contribution in [2.45, 2.75) is 19.1 Å². The molecule has 0 spiro atoms. The third kappa shape index (κ3) is 2.27. The number of nitrogens with zero attached hydrogens (tertiary/aromatic N) is 2. The molecule has 1 heterocycles. The minimum absolute atomic E-state index is 0.115. The van der Waals surface area contributed by atoms with Crippen LogP contribution in [0, 0.1) is 0 Å². The Hall–Kier alpha value is -1.73. The molecule has 2 aromatic rings. The second-order valence-electron chi connectivity index (χ2n) is 4.03. The van der Waals surface area contributed by atoms with Gasteiger partial charge in [-0.1, -0.05) is 0 Å². The molecule has 1 aromatic heterocycles.